The molecular weight excluding hydrogens is 388 g/mol. The van der Waals surface area contributed by atoms with Crippen molar-refractivity contribution in [3.05, 3.63) is 107 Å². The van der Waals surface area contributed by atoms with E-state index < -0.39 is 0 Å². The fourth-order valence-electron chi connectivity index (χ4n) is 3.60. The summed E-state index contributed by atoms with van der Waals surface area (Å²) in [5, 5.41) is 17.0. The fraction of sp³-hybridized carbons (Fsp3) is 0. The zero-order valence-electron chi connectivity index (χ0n) is 16.4. The van der Waals surface area contributed by atoms with Crippen molar-refractivity contribution in [3.8, 4) is 11.4 Å². The highest BCUT2D eigenvalue weighted by molar-refractivity contribution is 6.02. The standard InChI is InChI=1S/C25H18N4O2/c30-23-15-14-17-8-4-5-11-19(17)21(23)16-26-28-25-27-22-13-7-6-12-20(22)24(31)29(25)18-9-2-1-3-10-18/h1-16,30H,(H,27,28)/b26-16+. The number of hydrazone groups is 1. The quantitative estimate of drug-likeness (QED) is 0.335. The summed E-state index contributed by atoms with van der Waals surface area (Å²) in [6.45, 7) is 0. The van der Waals surface area contributed by atoms with Crippen LogP contribution in [-0.4, -0.2) is 20.9 Å². The SMILES string of the molecule is O=c1c2ccccc2nc(N/N=C/c2c(O)ccc3ccccc23)n1-c1ccccc1. The van der Waals surface area contributed by atoms with E-state index in [0.717, 1.165) is 10.8 Å². The van der Waals surface area contributed by atoms with Gasteiger partial charge in [-0.3, -0.25) is 4.79 Å². The van der Waals surface area contributed by atoms with Crippen molar-refractivity contribution < 1.29 is 5.11 Å². The van der Waals surface area contributed by atoms with Gasteiger partial charge >= 0.3 is 0 Å². The third-order valence-corrected chi connectivity index (χ3v) is 5.10. The monoisotopic (exact) mass is 406 g/mol. The molecule has 0 saturated carbocycles. The minimum atomic E-state index is -0.192. The van der Waals surface area contributed by atoms with Gasteiger partial charge in [-0.05, 0) is 41.1 Å². The molecule has 0 atom stereocenters. The molecule has 2 N–H and O–H groups in total. The molecule has 5 rings (SSSR count). The van der Waals surface area contributed by atoms with Gasteiger partial charge in [-0.1, -0.05) is 60.7 Å². The number of hydrogen-bond acceptors (Lipinski definition) is 5. The minimum absolute atomic E-state index is 0.121. The number of nitrogens with zero attached hydrogens (tertiary/aromatic N) is 3. The molecule has 0 spiro atoms. The average molecular weight is 406 g/mol. The van der Waals surface area contributed by atoms with Gasteiger partial charge < -0.3 is 5.11 Å². The maximum atomic E-state index is 13.2. The van der Waals surface area contributed by atoms with E-state index in [1.54, 1.807) is 18.2 Å². The van der Waals surface area contributed by atoms with Gasteiger partial charge in [0.25, 0.3) is 5.56 Å². The minimum Gasteiger partial charge on any atom is -0.507 e. The molecule has 0 bridgehead atoms. The molecule has 0 saturated heterocycles. The van der Waals surface area contributed by atoms with Crippen molar-refractivity contribution >= 4 is 33.8 Å². The number of nitrogens with one attached hydrogen (secondary N) is 1. The molecular formula is C25H18N4O2. The molecule has 0 amide bonds. The van der Waals surface area contributed by atoms with Gasteiger partial charge in [-0.2, -0.15) is 5.10 Å². The summed E-state index contributed by atoms with van der Waals surface area (Å²) in [5.41, 5.74) is 4.54. The summed E-state index contributed by atoms with van der Waals surface area (Å²) in [5.74, 6) is 0.405. The highest BCUT2D eigenvalue weighted by Gasteiger charge is 2.12. The third-order valence-electron chi connectivity index (χ3n) is 5.10. The Bertz CT molecular complexity index is 1490. The summed E-state index contributed by atoms with van der Waals surface area (Å²) in [6, 6.07) is 27.7. The first-order valence-corrected chi connectivity index (χ1v) is 9.79. The lowest BCUT2D eigenvalue weighted by Crippen LogP contribution is -2.22. The van der Waals surface area contributed by atoms with Crippen LogP contribution in [0.25, 0.3) is 27.4 Å². The molecule has 4 aromatic carbocycles. The van der Waals surface area contributed by atoms with Crippen molar-refractivity contribution in [3.63, 3.8) is 0 Å². The first-order valence-electron chi connectivity index (χ1n) is 9.79. The molecule has 6 nitrogen and oxygen atoms in total. The molecule has 0 radical (unpaired) electrons. The maximum absolute atomic E-state index is 13.2. The largest absolute Gasteiger partial charge is 0.507 e. The van der Waals surface area contributed by atoms with Crippen molar-refractivity contribution in [2.24, 2.45) is 5.10 Å². The Morgan fingerprint density at radius 3 is 2.39 bits per heavy atom. The number of aromatic nitrogens is 2. The zero-order valence-corrected chi connectivity index (χ0v) is 16.4. The van der Waals surface area contributed by atoms with Gasteiger partial charge in [0.05, 0.1) is 22.8 Å². The Morgan fingerprint density at radius 2 is 1.55 bits per heavy atom. The van der Waals surface area contributed by atoms with E-state index in [0.29, 0.717) is 22.2 Å². The second-order valence-electron chi connectivity index (χ2n) is 7.02. The Kier molecular flexibility index (Phi) is 4.65. The van der Waals surface area contributed by atoms with E-state index in [9.17, 15) is 9.90 Å². The average Bonchev–Trinajstić information content (AvgIpc) is 2.81. The van der Waals surface area contributed by atoms with Gasteiger partial charge in [-0.25, -0.2) is 15.0 Å². The molecule has 31 heavy (non-hydrogen) atoms. The normalized spacial score (nSPS) is 11.4. The Hall–Kier alpha value is -4.45. The maximum Gasteiger partial charge on any atom is 0.267 e. The second kappa shape index (κ2) is 7.76. The van der Waals surface area contributed by atoms with Crippen LogP contribution in [0.3, 0.4) is 0 Å². The van der Waals surface area contributed by atoms with Crippen LogP contribution in [0.2, 0.25) is 0 Å². The van der Waals surface area contributed by atoms with E-state index in [1.807, 2.05) is 72.8 Å². The van der Waals surface area contributed by atoms with Crippen LogP contribution in [-0.2, 0) is 0 Å². The van der Waals surface area contributed by atoms with Crippen LogP contribution < -0.4 is 11.0 Å². The van der Waals surface area contributed by atoms with Gasteiger partial charge in [0.1, 0.15) is 5.75 Å². The molecule has 5 aromatic rings. The first-order chi connectivity index (χ1) is 15.2. The molecule has 0 aliphatic heterocycles. The van der Waals surface area contributed by atoms with Crippen LogP contribution in [0.5, 0.6) is 5.75 Å². The van der Waals surface area contributed by atoms with Crippen LogP contribution in [0, 0.1) is 0 Å². The summed E-state index contributed by atoms with van der Waals surface area (Å²) in [7, 11) is 0. The highest BCUT2D eigenvalue weighted by atomic mass is 16.3. The molecule has 1 heterocycles. The number of para-hydroxylation sites is 2. The lowest BCUT2D eigenvalue weighted by atomic mass is 10.0. The van der Waals surface area contributed by atoms with Gasteiger partial charge in [0.15, 0.2) is 0 Å². The Morgan fingerprint density at radius 1 is 0.839 bits per heavy atom. The summed E-state index contributed by atoms with van der Waals surface area (Å²) >= 11 is 0. The van der Waals surface area contributed by atoms with E-state index in [4.69, 9.17) is 0 Å². The predicted molar refractivity (Wildman–Crippen MR) is 124 cm³/mol. The number of phenolic OH excluding ortho intramolecular Hbond substituents is 1. The lowest BCUT2D eigenvalue weighted by Gasteiger charge is -2.12. The number of anilines is 1. The number of benzene rings is 4. The predicted octanol–water partition coefficient (Wildman–Crippen LogP) is 4.69. The Labute approximate surface area is 177 Å². The molecule has 0 aliphatic carbocycles. The summed E-state index contributed by atoms with van der Waals surface area (Å²) in [6.07, 6.45) is 1.54. The summed E-state index contributed by atoms with van der Waals surface area (Å²) < 4.78 is 1.49. The highest BCUT2D eigenvalue weighted by Crippen LogP contribution is 2.25. The number of aromatic hydroxyl groups is 1. The van der Waals surface area contributed by atoms with Crippen LogP contribution in [0.4, 0.5) is 5.95 Å². The van der Waals surface area contributed by atoms with E-state index in [2.05, 4.69) is 15.5 Å². The van der Waals surface area contributed by atoms with Crippen molar-refractivity contribution in [1.29, 1.82) is 0 Å². The van der Waals surface area contributed by atoms with Crippen LogP contribution in [0.1, 0.15) is 5.56 Å². The zero-order chi connectivity index (χ0) is 21.2. The lowest BCUT2D eigenvalue weighted by molar-refractivity contribution is 0.475. The molecule has 150 valence electrons. The number of fused-ring (bicyclic) bond motifs is 2. The number of hydrogen-bond donors (Lipinski definition) is 2. The fourth-order valence-corrected chi connectivity index (χ4v) is 3.60. The molecule has 1 aromatic heterocycles. The number of phenols is 1. The van der Waals surface area contributed by atoms with Gasteiger partial charge in [0, 0.05) is 5.56 Å². The Balaban J connectivity index is 1.62. The summed E-state index contributed by atoms with van der Waals surface area (Å²) in [4.78, 5) is 17.8. The van der Waals surface area contributed by atoms with Crippen molar-refractivity contribution in [2.45, 2.75) is 0 Å². The molecule has 0 aliphatic rings. The third kappa shape index (κ3) is 3.40. The van der Waals surface area contributed by atoms with E-state index in [1.165, 1.54) is 10.8 Å². The molecule has 0 unspecified atom stereocenters. The smallest absolute Gasteiger partial charge is 0.267 e. The van der Waals surface area contributed by atoms with Crippen molar-refractivity contribution in [1.82, 2.24) is 9.55 Å². The van der Waals surface area contributed by atoms with Crippen molar-refractivity contribution in [2.75, 3.05) is 5.43 Å². The topological polar surface area (TPSA) is 79.5 Å². The van der Waals surface area contributed by atoms with Crippen LogP contribution in [0.15, 0.2) is 101 Å². The number of rotatable bonds is 4. The van der Waals surface area contributed by atoms with Gasteiger partial charge in [-0.15, -0.1) is 0 Å². The molecule has 0 fully saturated rings. The van der Waals surface area contributed by atoms with E-state index >= 15 is 0 Å². The first kappa shape index (κ1) is 18.6. The van der Waals surface area contributed by atoms with Gasteiger partial charge in [0.2, 0.25) is 5.95 Å². The van der Waals surface area contributed by atoms with Crippen LogP contribution >= 0.6 is 0 Å². The second-order valence-corrected chi connectivity index (χ2v) is 7.02. The van der Waals surface area contributed by atoms with E-state index in [-0.39, 0.29) is 17.3 Å². The molecule has 6 heteroatoms.